The summed E-state index contributed by atoms with van der Waals surface area (Å²) in [7, 11) is 1.80. The van der Waals surface area contributed by atoms with Crippen molar-refractivity contribution in [1.82, 2.24) is 15.7 Å². The molecular weight excluding hydrogens is 889 g/mol. The molecule has 5 amide bonds. The fourth-order valence-electron chi connectivity index (χ4n) is 5.56. The van der Waals surface area contributed by atoms with Gasteiger partial charge in [-0.25, -0.2) is 24.3 Å². The average molecular weight is 946 g/mol. The van der Waals surface area contributed by atoms with Gasteiger partial charge >= 0.3 is 24.2 Å². The van der Waals surface area contributed by atoms with Crippen molar-refractivity contribution in [1.29, 1.82) is 0 Å². The number of hydrogen-bond donors (Lipinski definition) is 3. The van der Waals surface area contributed by atoms with Crippen molar-refractivity contribution >= 4 is 41.9 Å². The summed E-state index contributed by atoms with van der Waals surface area (Å²) < 4.78 is 18.5. The van der Waals surface area contributed by atoms with Crippen molar-refractivity contribution < 1.29 is 81.2 Å². The Balaban J connectivity index is 0.00000301. The number of ether oxygens (including phenoxy) is 3. The van der Waals surface area contributed by atoms with Crippen LogP contribution in [0.5, 0.6) is 5.75 Å². The lowest BCUT2D eigenvalue weighted by Gasteiger charge is -2.32. The topological polar surface area (TPSA) is 200 Å². The molecule has 2 atom stereocenters. The quantitative estimate of drug-likeness (QED) is 0.0929. The largest absolute Gasteiger partial charge is 1.00 e. The third-order valence-electron chi connectivity index (χ3n) is 8.52. The number of aromatic nitrogens is 1. The molecule has 1 aliphatic heterocycles. The van der Waals surface area contributed by atoms with Crippen LogP contribution in [0.15, 0.2) is 66.9 Å². The summed E-state index contributed by atoms with van der Waals surface area (Å²) in [5.41, 5.74) is 0.565. The molecule has 0 saturated carbocycles. The second-order valence-corrected chi connectivity index (χ2v) is 16.9. The highest BCUT2D eigenvalue weighted by Gasteiger charge is 2.40. The molecule has 2 heterocycles. The molecule has 1 aromatic heterocycles. The number of aryl methyl sites for hydroxylation is 1. The lowest BCUT2D eigenvalue weighted by Crippen LogP contribution is -3.00. The first-order valence-corrected chi connectivity index (χ1v) is 19.2. The van der Waals surface area contributed by atoms with E-state index in [-0.39, 0.29) is 36.7 Å². The van der Waals surface area contributed by atoms with Crippen LogP contribution in [-0.4, -0.2) is 77.6 Å². The summed E-state index contributed by atoms with van der Waals surface area (Å²) in [5, 5.41) is 9.13. The first-order chi connectivity index (χ1) is 27.5. The molecule has 0 spiro atoms. The second-order valence-electron chi connectivity index (χ2n) is 16.9. The summed E-state index contributed by atoms with van der Waals surface area (Å²) in [6.45, 7) is 16.9. The van der Waals surface area contributed by atoms with Crippen molar-refractivity contribution in [2.24, 2.45) is 12.5 Å². The molecule has 3 aromatic rings. The van der Waals surface area contributed by atoms with E-state index < -0.39 is 58.7 Å². The maximum absolute atomic E-state index is 13.5. The minimum absolute atomic E-state index is 0. The molecule has 0 unspecified atom stereocenters. The Bertz CT molecular complexity index is 1960. The molecule has 3 N–H and O–H groups in total. The number of alkyl carbamates (subject to hydrolysis) is 2. The highest BCUT2D eigenvalue weighted by atomic mass is 127. The number of carbonyl (C=O) groups is 5. The average Bonchev–Trinajstić information content (AvgIpc) is 3.36. The van der Waals surface area contributed by atoms with Crippen LogP contribution in [0.3, 0.4) is 0 Å². The van der Waals surface area contributed by atoms with E-state index in [0.29, 0.717) is 48.5 Å². The number of nitrogens with one attached hydrogen (secondary N) is 3. The van der Waals surface area contributed by atoms with Crippen molar-refractivity contribution in [2.75, 3.05) is 18.5 Å². The fraction of sp³-hybridized carbons (Fsp3) is 0.465. The number of rotatable bonds is 14. The molecule has 0 bridgehead atoms. The number of fused-ring (bicyclic) bond motifs is 1. The van der Waals surface area contributed by atoms with Crippen molar-refractivity contribution in [3.8, 4) is 16.9 Å². The van der Waals surface area contributed by atoms with Gasteiger partial charge in [0.15, 0.2) is 0 Å². The van der Waals surface area contributed by atoms with E-state index in [1.807, 2.05) is 57.3 Å². The van der Waals surface area contributed by atoms with Crippen LogP contribution in [0.25, 0.3) is 11.1 Å². The van der Waals surface area contributed by atoms with Crippen LogP contribution >= 0.6 is 0 Å². The summed E-state index contributed by atoms with van der Waals surface area (Å²) >= 11 is 0. The first kappa shape index (κ1) is 50.8. The normalized spacial score (nSPS) is 13.3. The Morgan fingerprint density at radius 1 is 0.767 bits per heavy atom. The van der Waals surface area contributed by atoms with Gasteiger partial charge < -0.3 is 48.8 Å². The number of hydrogen-bond acceptors (Lipinski definition) is 11. The number of imide groups is 1. The van der Waals surface area contributed by atoms with Crippen molar-refractivity contribution in [3.05, 3.63) is 78.0 Å². The lowest BCUT2D eigenvalue weighted by atomic mass is 9.89. The Morgan fingerprint density at radius 3 is 1.82 bits per heavy atom. The highest BCUT2D eigenvalue weighted by molar-refractivity contribution is 6.20. The van der Waals surface area contributed by atoms with Gasteiger partial charge in [0.05, 0.1) is 24.4 Å². The van der Waals surface area contributed by atoms with Gasteiger partial charge in [-0.3, -0.25) is 14.4 Å². The Kier molecular flexibility index (Phi) is 18.8. The monoisotopic (exact) mass is 945 g/mol. The lowest BCUT2D eigenvalue weighted by molar-refractivity contribution is -0.656. The van der Waals surface area contributed by atoms with E-state index in [1.165, 1.54) is 0 Å². The Morgan fingerprint density at radius 2 is 1.30 bits per heavy atom. The number of benzene rings is 2. The van der Waals surface area contributed by atoms with E-state index in [4.69, 9.17) is 28.6 Å². The van der Waals surface area contributed by atoms with Gasteiger partial charge in [0.2, 0.25) is 0 Å². The molecule has 1 aliphatic rings. The molecule has 0 radical (unpaired) electrons. The zero-order chi connectivity index (χ0) is 44.1. The van der Waals surface area contributed by atoms with E-state index >= 15 is 0 Å². The SMILES string of the molecule is C[n+]1cc(-c2ccc(OC[C@H](ON3C(=O)c4ccccc4C3=O)C(C)(C)C)cc2)ccc1NC(=O)[C@H](CCCCNC(=O)OC(C)(C)C)NC(=O)OC(C)(C)C.O=C=O.[I-]. The smallest absolute Gasteiger partial charge is 0.408 e. The van der Waals surface area contributed by atoms with Crippen molar-refractivity contribution in [2.45, 2.75) is 105 Å². The molecule has 0 saturated heterocycles. The Hall–Kier alpha value is -5.39. The summed E-state index contributed by atoms with van der Waals surface area (Å²) in [4.78, 5) is 86.2. The van der Waals surface area contributed by atoms with Crippen LogP contribution in [0, 0.1) is 5.41 Å². The number of unbranched alkanes of at least 4 members (excludes halogenated alkanes) is 1. The van der Waals surface area contributed by atoms with Crippen LogP contribution in [0.4, 0.5) is 15.4 Å². The van der Waals surface area contributed by atoms with Gasteiger partial charge in [-0.15, -0.1) is 5.06 Å². The predicted molar refractivity (Wildman–Crippen MR) is 215 cm³/mol. The number of nitrogens with zero attached hydrogens (tertiary/aromatic N) is 2. The third kappa shape index (κ3) is 16.0. The van der Waals surface area contributed by atoms with Crippen LogP contribution in [0.1, 0.15) is 102 Å². The van der Waals surface area contributed by atoms with Crippen LogP contribution < -0.4 is 49.2 Å². The van der Waals surface area contributed by atoms with E-state index in [2.05, 4.69) is 16.0 Å². The highest BCUT2D eigenvalue weighted by Crippen LogP contribution is 2.30. The van der Waals surface area contributed by atoms with Gasteiger partial charge in [-0.2, -0.15) is 9.59 Å². The minimum atomic E-state index is -0.894. The molecule has 60 heavy (non-hydrogen) atoms. The molecule has 4 rings (SSSR count). The fourth-order valence-corrected chi connectivity index (χ4v) is 5.56. The van der Waals surface area contributed by atoms with Gasteiger partial charge in [0.1, 0.15) is 35.7 Å². The number of halogens is 1. The van der Waals surface area contributed by atoms with Gasteiger partial charge in [0, 0.05) is 18.2 Å². The molecule has 16 nitrogen and oxygen atoms in total. The second kappa shape index (κ2) is 22.3. The van der Waals surface area contributed by atoms with Crippen LogP contribution in [0.2, 0.25) is 0 Å². The van der Waals surface area contributed by atoms with E-state index in [0.717, 1.165) is 16.2 Å². The number of pyridine rings is 1. The van der Waals surface area contributed by atoms with E-state index in [1.54, 1.807) is 83.5 Å². The van der Waals surface area contributed by atoms with Gasteiger partial charge in [-0.1, -0.05) is 45.0 Å². The first-order valence-electron chi connectivity index (χ1n) is 19.2. The van der Waals surface area contributed by atoms with Crippen molar-refractivity contribution in [3.63, 3.8) is 0 Å². The molecule has 0 aliphatic carbocycles. The summed E-state index contributed by atoms with van der Waals surface area (Å²) in [5.74, 6) is -0.330. The van der Waals surface area contributed by atoms with Gasteiger partial charge in [-0.05, 0) is 102 Å². The zero-order valence-electron chi connectivity index (χ0n) is 35.8. The number of amides is 5. The molecular formula is C43H56IN5O11. The van der Waals surface area contributed by atoms with Crippen LogP contribution in [-0.2, 0) is 35.7 Å². The summed E-state index contributed by atoms with van der Waals surface area (Å²) in [6, 6.07) is 16.8. The summed E-state index contributed by atoms with van der Waals surface area (Å²) in [6.07, 6.45) is 1.68. The maximum atomic E-state index is 13.5. The molecule has 0 fully saturated rings. The predicted octanol–water partition coefficient (Wildman–Crippen LogP) is 3.15. The molecule has 326 valence electrons. The standard InChI is InChI=1S/C42H55N5O9.CO2.HI/c1-40(2,3)33(56-47-36(49)30-15-11-12-16-31(30)37(47)50)26-53-29-21-18-27(19-22-29)28-20-23-34(46(10)25-28)45-35(48)32(44-39(52)55-42(7,8)9)17-13-14-24-43-38(51)54-41(4,5)6;2-1-3;/h11-12,15-16,18-23,25,32-33H,13-14,17,24,26H2,1-10H3,(H2,43,44,51,52);;1H/t32-,33-;;/m0../s1. The minimum Gasteiger partial charge on any atom is -1.00 e. The number of hydroxylamine groups is 2. The maximum Gasteiger partial charge on any atom is 0.408 e. The third-order valence-corrected chi connectivity index (χ3v) is 8.52. The number of carbonyl (C=O) groups excluding carboxylic acids is 7. The Labute approximate surface area is 368 Å². The number of anilines is 1. The van der Waals surface area contributed by atoms with E-state index in [9.17, 15) is 24.0 Å². The molecule has 17 heteroatoms. The zero-order valence-corrected chi connectivity index (χ0v) is 38.0. The van der Waals surface area contributed by atoms with Gasteiger partial charge in [0.25, 0.3) is 17.6 Å². The molecule has 2 aromatic carbocycles.